The van der Waals surface area contributed by atoms with E-state index in [1.54, 1.807) is 25.0 Å². The normalized spacial score (nSPS) is 11.5. The first-order valence-electron chi connectivity index (χ1n) is 3.94. The topological polar surface area (TPSA) is 28.5 Å². The summed E-state index contributed by atoms with van der Waals surface area (Å²) in [6.07, 6.45) is 5.59. The molecule has 0 amide bonds. The molecular formula is C9H13N3S. The molecule has 0 saturated heterocycles. The molecule has 0 saturated carbocycles. The number of rotatable bonds is 1. The molecule has 0 fully saturated rings. The van der Waals surface area contributed by atoms with Crippen LogP contribution in [0.3, 0.4) is 0 Å². The summed E-state index contributed by atoms with van der Waals surface area (Å²) in [5, 5.41) is 0.980. The van der Waals surface area contributed by atoms with Gasteiger partial charge in [0.1, 0.15) is 0 Å². The summed E-state index contributed by atoms with van der Waals surface area (Å²) >= 11 is 1.62. The van der Waals surface area contributed by atoms with Crippen LogP contribution < -0.4 is 4.90 Å². The van der Waals surface area contributed by atoms with Crippen LogP contribution in [-0.4, -0.2) is 30.5 Å². The molecule has 1 rings (SSSR count). The van der Waals surface area contributed by atoms with Gasteiger partial charge in [0.05, 0.1) is 11.9 Å². The number of aliphatic imine (C=N–C) groups is 1. The number of hydrogen-bond acceptors (Lipinski definition) is 3. The third-order valence-electron chi connectivity index (χ3n) is 1.69. The van der Waals surface area contributed by atoms with Crippen molar-refractivity contribution in [1.29, 1.82) is 0 Å². The molecule has 70 valence electrons. The van der Waals surface area contributed by atoms with Crippen LogP contribution >= 0.6 is 11.8 Å². The smallest absolute Gasteiger partial charge is 0.162 e. The van der Waals surface area contributed by atoms with Crippen LogP contribution in [0.1, 0.15) is 0 Å². The van der Waals surface area contributed by atoms with E-state index in [4.69, 9.17) is 0 Å². The number of aromatic nitrogens is 1. The van der Waals surface area contributed by atoms with Crippen LogP contribution in [-0.2, 0) is 0 Å². The Labute approximate surface area is 82.9 Å². The second kappa shape index (κ2) is 4.87. The van der Waals surface area contributed by atoms with Gasteiger partial charge in [-0.2, -0.15) is 0 Å². The maximum absolute atomic E-state index is 4.16. The Morgan fingerprint density at radius 3 is 2.85 bits per heavy atom. The van der Waals surface area contributed by atoms with Gasteiger partial charge >= 0.3 is 0 Å². The van der Waals surface area contributed by atoms with Crippen molar-refractivity contribution >= 4 is 22.6 Å². The first kappa shape index (κ1) is 10.1. The van der Waals surface area contributed by atoms with Gasteiger partial charge in [-0.3, -0.25) is 9.98 Å². The average Bonchev–Trinajstić information content (AvgIpc) is 2.21. The SMILES string of the molecule is CN=C(SC)N(C)c1cccnc1. The number of hydrogen-bond donors (Lipinski definition) is 0. The van der Waals surface area contributed by atoms with Crippen molar-refractivity contribution in [2.24, 2.45) is 4.99 Å². The molecule has 1 aromatic rings. The molecule has 0 N–H and O–H groups in total. The average molecular weight is 195 g/mol. The van der Waals surface area contributed by atoms with Crippen LogP contribution in [0.5, 0.6) is 0 Å². The van der Waals surface area contributed by atoms with Gasteiger partial charge < -0.3 is 4.90 Å². The minimum Gasteiger partial charge on any atom is -0.323 e. The van der Waals surface area contributed by atoms with Gasteiger partial charge in [-0.25, -0.2) is 0 Å². The number of nitrogens with zero attached hydrogens (tertiary/aromatic N) is 3. The summed E-state index contributed by atoms with van der Waals surface area (Å²) in [5.74, 6) is 0. The van der Waals surface area contributed by atoms with Crippen molar-refractivity contribution in [3.8, 4) is 0 Å². The Morgan fingerprint density at radius 2 is 2.38 bits per heavy atom. The standard InChI is InChI=1S/C9H13N3S/c1-10-9(13-3)12(2)8-5-4-6-11-7-8/h4-7H,1-3H3. The highest BCUT2D eigenvalue weighted by atomic mass is 32.2. The summed E-state index contributed by atoms with van der Waals surface area (Å²) in [7, 11) is 3.77. The van der Waals surface area contributed by atoms with Gasteiger partial charge in [0, 0.05) is 20.3 Å². The molecule has 0 bridgehead atoms. The van der Waals surface area contributed by atoms with Crippen LogP contribution in [0.2, 0.25) is 0 Å². The highest BCUT2D eigenvalue weighted by Gasteiger charge is 2.05. The van der Waals surface area contributed by atoms with Crippen molar-refractivity contribution in [3.63, 3.8) is 0 Å². The molecule has 13 heavy (non-hydrogen) atoms. The zero-order chi connectivity index (χ0) is 9.68. The summed E-state index contributed by atoms with van der Waals surface area (Å²) in [5.41, 5.74) is 1.05. The van der Waals surface area contributed by atoms with Crippen molar-refractivity contribution in [2.45, 2.75) is 0 Å². The number of amidine groups is 1. The number of thioether (sulfide) groups is 1. The minimum atomic E-state index is 0.980. The zero-order valence-corrected chi connectivity index (χ0v) is 8.88. The van der Waals surface area contributed by atoms with Crippen LogP contribution in [0.25, 0.3) is 0 Å². The molecule has 0 aliphatic rings. The summed E-state index contributed by atoms with van der Waals surface area (Å²) < 4.78 is 0. The third-order valence-corrected chi connectivity index (χ3v) is 2.52. The second-order valence-corrected chi connectivity index (χ2v) is 3.25. The predicted octanol–water partition coefficient (Wildman–Crippen LogP) is 1.87. The van der Waals surface area contributed by atoms with E-state index in [2.05, 4.69) is 9.98 Å². The number of anilines is 1. The molecular weight excluding hydrogens is 182 g/mol. The molecule has 3 nitrogen and oxygen atoms in total. The van der Waals surface area contributed by atoms with Gasteiger partial charge in [-0.15, -0.1) is 0 Å². The van der Waals surface area contributed by atoms with E-state index in [1.165, 1.54) is 0 Å². The fourth-order valence-electron chi connectivity index (χ4n) is 1.04. The van der Waals surface area contributed by atoms with Gasteiger partial charge in [0.2, 0.25) is 0 Å². The predicted molar refractivity (Wildman–Crippen MR) is 59.5 cm³/mol. The summed E-state index contributed by atoms with van der Waals surface area (Å²) in [6.45, 7) is 0. The Morgan fingerprint density at radius 1 is 1.62 bits per heavy atom. The van der Waals surface area contributed by atoms with E-state index in [0.29, 0.717) is 0 Å². The van der Waals surface area contributed by atoms with Crippen molar-refractivity contribution in [3.05, 3.63) is 24.5 Å². The highest BCUT2D eigenvalue weighted by molar-refractivity contribution is 8.13. The van der Waals surface area contributed by atoms with Crippen LogP contribution in [0, 0.1) is 0 Å². The lowest BCUT2D eigenvalue weighted by molar-refractivity contribution is 1.21. The quantitative estimate of drug-likeness (QED) is 0.506. The van der Waals surface area contributed by atoms with E-state index >= 15 is 0 Å². The molecule has 1 aromatic heterocycles. The second-order valence-electron chi connectivity index (χ2n) is 2.48. The molecule has 0 radical (unpaired) electrons. The lowest BCUT2D eigenvalue weighted by Crippen LogP contribution is -2.23. The van der Waals surface area contributed by atoms with E-state index in [-0.39, 0.29) is 0 Å². The van der Waals surface area contributed by atoms with Crippen LogP contribution in [0.15, 0.2) is 29.5 Å². The zero-order valence-electron chi connectivity index (χ0n) is 8.06. The Kier molecular flexibility index (Phi) is 3.76. The molecule has 1 heterocycles. The van der Waals surface area contributed by atoms with E-state index in [1.807, 2.05) is 36.5 Å². The fraction of sp³-hybridized carbons (Fsp3) is 0.333. The molecule has 0 aliphatic heterocycles. The van der Waals surface area contributed by atoms with Gasteiger partial charge in [-0.05, 0) is 18.4 Å². The highest BCUT2D eigenvalue weighted by Crippen LogP contribution is 2.14. The Hall–Kier alpha value is -1.03. The summed E-state index contributed by atoms with van der Waals surface area (Å²) in [4.78, 5) is 10.2. The molecule has 0 unspecified atom stereocenters. The first-order valence-corrected chi connectivity index (χ1v) is 5.16. The van der Waals surface area contributed by atoms with Gasteiger partial charge in [0.15, 0.2) is 5.17 Å². The summed E-state index contributed by atoms with van der Waals surface area (Å²) in [6, 6.07) is 3.92. The Bertz CT molecular complexity index is 284. The molecule has 4 heteroatoms. The fourth-order valence-corrected chi connectivity index (χ4v) is 1.60. The largest absolute Gasteiger partial charge is 0.323 e. The monoisotopic (exact) mass is 195 g/mol. The van der Waals surface area contributed by atoms with Gasteiger partial charge in [-0.1, -0.05) is 11.8 Å². The van der Waals surface area contributed by atoms with Crippen molar-refractivity contribution in [1.82, 2.24) is 4.98 Å². The van der Waals surface area contributed by atoms with Crippen LogP contribution in [0.4, 0.5) is 5.69 Å². The molecule has 0 aliphatic carbocycles. The van der Waals surface area contributed by atoms with E-state index in [0.717, 1.165) is 10.9 Å². The van der Waals surface area contributed by atoms with Crippen molar-refractivity contribution < 1.29 is 0 Å². The maximum atomic E-state index is 4.16. The Balaban J connectivity index is 2.85. The lowest BCUT2D eigenvalue weighted by atomic mass is 10.4. The molecule has 0 spiro atoms. The van der Waals surface area contributed by atoms with Crippen molar-refractivity contribution in [2.75, 3.05) is 25.3 Å². The molecule has 0 aromatic carbocycles. The maximum Gasteiger partial charge on any atom is 0.162 e. The first-order chi connectivity index (χ1) is 6.29. The van der Waals surface area contributed by atoms with E-state index < -0.39 is 0 Å². The molecule has 0 atom stereocenters. The third kappa shape index (κ3) is 2.45. The number of pyridine rings is 1. The lowest BCUT2D eigenvalue weighted by Gasteiger charge is -2.18. The van der Waals surface area contributed by atoms with E-state index in [9.17, 15) is 0 Å². The van der Waals surface area contributed by atoms with Gasteiger partial charge in [0.25, 0.3) is 0 Å². The minimum absolute atomic E-state index is 0.980.